The van der Waals surface area contributed by atoms with Crippen molar-refractivity contribution in [1.29, 1.82) is 0 Å². The molecule has 1 aliphatic heterocycles. The first kappa shape index (κ1) is 18.3. The molecule has 0 bridgehead atoms. The van der Waals surface area contributed by atoms with Crippen LogP contribution in [-0.4, -0.2) is 70.5 Å². The number of aromatic nitrogens is 2. The lowest BCUT2D eigenvalue weighted by Gasteiger charge is -2.33. The monoisotopic (exact) mass is 338 g/mol. The van der Waals surface area contributed by atoms with Gasteiger partial charge in [0, 0.05) is 37.9 Å². The second-order valence-electron chi connectivity index (χ2n) is 6.61. The molecule has 0 spiro atoms. The van der Waals surface area contributed by atoms with Crippen LogP contribution >= 0.6 is 11.8 Å². The molecule has 1 aromatic heterocycles. The van der Waals surface area contributed by atoms with E-state index in [1.165, 1.54) is 5.82 Å². The van der Waals surface area contributed by atoms with Crippen molar-refractivity contribution in [2.45, 2.75) is 43.9 Å². The maximum Gasteiger partial charge on any atom is 0.235 e. The van der Waals surface area contributed by atoms with Crippen LogP contribution in [0.5, 0.6) is 0 Å². The first-order valence-electron chi connectivity index (χ1n) is 8.50. The first-order valence-corrected chi connectivity index (χ1v) is 9.79. The van der Waals surface area contributed by atoms with Gasteiger partial charge in [-0.1, -0.05) is 0 Å². The molecule has 0 radical (unpaired) electrons. The zero-order valence-corrected chi connectivity index (χ0v) is 15.7. The molecule has 0 aliphatic carbocycles. The summed E-state index contributed by atoms with van der Waals surface area (Å²) in [5.41, 5.74) is 0. The van der Waals surface area contributed by atoms with E-state index in [9.17, 15) is 4.79 Å². The van der Waals surface area contributed by atoms with Gasteiger partial charge in [-0.25, -0.2) is 4.98 Å². The van der Waals surface area contributed by atoms with E-state index in [1.54, 1.807) is 11.8 Å². The average Bonchev–Trinajstić information content (AvgIpc) is 3.01. The number of imidazole rings is 1. The molecule has 23 heavy (non-hydrogen) atoms. The van der Waals surface area contributed by atoms with E-state index >= 15 is 0 Å². The van der Waals surface area contributed by atoms with E-state index < -0.39 is 0 Å². The number of carbonyl (C=O) groups is 1. The van der Waals surface area contributed by atoms with Crippen LogP contribution in [-0.2, 0) is 11.3 Å². The molecule has 1 fully saturated rings. The molecule has 0 saturated carbocycles. The van der Waals surface area contributed by atoms with Crippen molar-refractivity contribution in [2.24, 2.45) is 0 Å². The van der Waals surface area contributed by atoms with Gasteiger partial charge in [-0.15, -0.1) is 0 Å². The molecule has 1 saturated heterocycles. The van der Waals surface area contributed by atoms with Crippen LogP contribution in [0.1, 0.15) is 37.9 Å². The van der Waals surface area contributed by atoms with Gasteiger partial charge in [-0.2, -0.15) is 11.8 Å². The minimum absolute atomic E-state index is 0.0690. The molecule has 1 aliphatic rings. The summed E-state index contributed by atoms with van der Waals surface area (Å²) in [4.78, 5) is 21.1. The predicted octanol–water partition coefficient (Wildman–Crippen LogP) is 2.29. The number of carbonyl (C=O) groups excluding carboxylic acids is 1. The van der Waals surface area contributed by atoms with Gasteiger partial charge in [-0.05, 0) is 53.1 Å². The molecule has 1 aromatic rings. The van der Waals surface area contributed by atoms with Crippen molar-refractivity contribution >= 4 is 17.7 Å². The standard InChI is InChI=1S/C17H30N4OS/c1-14(23-4)17(22)21-11-6-15(7-12-21)16-18-8-13-20(16)10-5-9-19(2)3/h8,13-15H,5-7,9-12H2,1-4H3/t14-/m1/s1. The molecular weight excluding hydrogens is 308 g/mol. The smallest absolute Gasteiger partial charge is 0.235 e. The van der Waals surface area contributed by atoms with Gasteiger partial charge in [-0.3, -0.25) is 4.79 Å². The van der Waals surface area contributed by atoms with Crippen LogP contribution in [0.25, 0.3) is 0 Å². The summed E-state index contributed by atoms with van der Waals surface area (Å²) in [6.45, 7) is 5.84. The minimum atomic E-state index is 0.0690. The van der Waals surface area contributed by atoms with Crippen molar-refractivity contribution in [1.82, 2.24) is 19.4 Å². The highest BCUT2D eigenvalue weighted by Gasteiger charge is 2.28. The third-order valence-electron chi connectivity index (χ3n) is 4.63. The predicted molar refractivity (Wildman–Crippen MR) is 96.9 cm³/mol. The van der Waals surface area contributed by atoms with Gasteiger partial charge >= 0.3 is 0 Å². The number of rotatable bonds is 7. The van der Waals surface area contributed by atoms with Crippen LogP contribution in [0.4, 0.5) is 0 Å². The summed E-state index contributed by atoms with van der Waals surface area (Å²) in [5, 5.41) is 0.0690. The van der Waals surface area contributed by atoms with Gasteiger partial charge in [0.2, 0.25) is 5.91 Å². The van der Waals surface area contributed by atoms with Crippen molar-refractivity contribution in [3.05, 3.63) is 18.2 Å². The SMILES string of the molecule is CS[C@H](C)C(=O)N1CCC(c2nccn2CCCN(C)C)CC1. The van der Waals surface area contributed by atoms with E-state index in [2.05, 4.69) is 34.7 Å². The average molecular weight is 339 g/mol. The maximum absolute atomic E-state index is 12.3. The molecule has 6 heteroatoms. The quantitative estimate of drug-likeness (QED) is 0.765. The number of amides is 1. The van der Waals surface area contributed by atoms with Crippen LogP contribution in [0.15, 0.2) is 12.4 Å². The van der Waals surface area contributed by atoms with E-state index in [1.807, 2.05) is 24.3 Å². The fourth-order valence-corrected chi connectivity index (χ4v) is 3.49. The van der Waals surface area contributed by atoms with Crippen molar-refractivity contribution in [2.75, 3.05) is 40.0 Å². The number of piperidine rings is 1. The van der Waals surface area contributed by atoms with Crippen LogP contribution in [0.2, 0.25) is 0 Å². The van der Waals surface area contributed by atoms with Crippen molar-refractivity contribution < 1.29 is 4.79 Å². The Bertz CT molecular complexity index is 495. The van der Waals surface area contributed by atoms with E-state index in [4.69, 9.17) is 0 Å². The van der Waals surface area contributed by atoms with E-state index in [-0.39, 0.29) is 11.2 Å². The second-order valence-corrected chi connectivity index (χ2v) is 7.79. The molecule has 0 unspecified atom stereocenters. The van der Waals surface area contributed by atoms with Crippen molar-refractivity contribution in [3.63, 3.8) is 0 Å². The zero-order chi connectivity index (χ0) is 16.8. The summed E-state index contributed by atoms with van der Waals surface area (Å²) in [5.74, 6) is 1.97. The van der Waals surface area contributed by atoms with Crippen LogP contribution in [0, 0.1) is 0 Å². The number of thioether (sulfide) groups is 1. The lowest BCUT2D eigenvalue weighted by molar-refractivity contribution is -0.131. The third-order valence-corrected chi connectivity index (χ3v) is 5.53. The van der Waals surface area contributed by atoms with Crippen LogP contribution < -0.4 is 0 Å². The molecule has 1 amide bonds. The molecule has 130 valence electrons. The normalized spacial score (nSPS) is 17.7. The Labute approximate surface area is 144 Å². The van der Waals surface area contributed by atoms with Crippen molar-refractivity contribution in [3.8, 4) is 0 Å². The number of hydrogen-bond acceptors (Lipinski definition) is 4. The Balaban J connectivity index is 1.88. The van der Waals surface area contributed by atoms with Crippen LogP contribution in [0.3, 0.4) is 0 Å². The molecule has 0 aromatic carbocycles. The molecule has 2 heterocycles. The fraction of sp³-hybridized carbons (Fsp3) is 0.765. The van der Waals surface area contributed by atoms with E-state index in [0.717, 1.165) is 45.4 Å². The topological polar surface area (TPSA) is 41.4 Å². The summed E-state index contributed by atoms with van der Waals surface area (Å²) in [6.07, 6.45) is 9.20. The summed E-state index contributed by atoms with van der Waals surface area (Å²) >= 11 is 1.63. The Morgan fingerprint density at radius 1 is 1.43 bits per heavy atom. The second kappa shape index (κ2) is 8.73. The summed E-state index contributed by atoms with van der Waals surface area (Å²) < 4.78 is 2.30. The van der Waals surface area contributed by atoms with Gasteiger partial charge in [0.25, 0.3) is 0 Å². The third kappa shape index (κ3) is 4.98. The number of likely N-dealkylation sites (tertiary alicyclic amines) is 1. The van der Waals surface area contributed by atoms with Gasteiger partial charge in [0.1, 0.15) is 5.82 Å². The molecule has 2 rings (SSSR count). The highest BCUT2D eigenvalue weighted by molar-refractivity contribution is 7.99. The Kier molecular flexibility index (Phi) is 6.96. The molecule has 1 atom stereocenters. The summed E-state index contributed by atoms with van der Waals surface area (Å²) in [6, 6.07) is 0. The molecule has 5 nitrogen and oxygen atoms in total. The first-order chi connectivity index (χ1) is 11.0. The number of hydrogen-bond donors (Lipinski definition) is 0. The zero-order valence-electron chi connectivity index (χ0n) is 14.9. The Morgan fingerprint density at radius 3 is 2.74 bits per heavy atom. The van der Waals surface area contributed by atoms with Gasteiger partial charge in [0.05, 0.1) is 5.25 Å². The van der Waals surface area contributed by atoms with Gasteiger partial charge in [0.15, 0.2) is 0 Å². The van der Waals surface area contributed by atoms with Gasteiger partial charge < -0.3 is 14.4 Å². The largest absolute Gasteiger partial charge is 0.342 e. The Hall–Kier alpha value is -1.01. The lowest BCUT2D eigenvalue weighted by Crippen LogP contribution is -2.42. The number of aryl methyl sites for hydroxylation is 1. The molecular formula is C17H30N4OS. The van der Waals surface area contributed by atoms with E-state index in [0.29, 0.717) is 5.92 Å². The highest BCUT2D eigenvalue weighted by Crippen LogP contribution is 2.28. The lowest BCUT2D eigenvalue weighted by atomic mass is 9.95. The maximum atomic E-state index is 12.3. The Morgan fingerprint density at radius 2 is 2.13 bits per heavy atom. The highest BCUT2D eigenvalue weighted by atomic mass is 32.2. The summed E-state index contributed by atoms with van der Waals surface area (Å²) in [7, 11) is 4.22. The number of nitrogens with zero attached hydrogens (tertiary/aromatic N) is 4. The fourth-order valence-electron chi connectivity index (χ4n) is 3.14. The molecule has 0 N–H and O–H groups in total. The minimum Gasteiger partial charge on any atom is -0.342 e.